The lowest BCUT2D eigenvalue weighted by Gasteiger charge is -2.38. The van der Waals surface area contributed by atoms with Gasteiger partial charge in [0.2, 0.25) is 0 Å². The highest BCUT2D eigenvalue weighted by Crippen LogP contribution is 2.38. The average Bonchev–Trinajstić information content (AvgIpc) is 2.61. The van der Waals surface area contributed by atoms with Crippen LogP contribution in [0.15, 0.2) is 0 Å². The van der Waals surface area contributed by atoms with Crippen LogP contribution in [0.4, 0.5) is 0 Å². The Balaban J connectivity index is 1.99. The molecule has 0 amide bonds. The minimum absolute atomic E-state index is 0.201. The molecule has 0 saturated carbocycles. The summed E-state index contributed by atoms with van der Waals surface area (Å²) < 4.78 is 20.9. The van der Waals surface area contributed by atoms with Gasteiger partial charge in [-0.3, -0.25) is 0 Å². The fourth-order valence-corrected chi connectivity index (χ4v) is 3.47. The van der Waals surface area contributed by atoms with Gasteiger partial charge in [-0.15, -0.1) is 4.72 Å². The quantitative estimate of drug-likeness (QED) is 0.721. The summed E-state index contributed by atoms with van der Waals surface area (Å²) in [4.78, 5) is 0. The highest BCUT2D eigenvalue weighted by Gasteiger charge is 2.47. The molecule has 5 heteroatoms. The first kappa shape index (κ1) is 13.6. The highest BCUT2D eigenvalue weighted by atomic mass is 32.2. The van der Waals surface area contributed by atoms with E-state index in [1.807, 2.05) is 20.8 Å². The molecule has 2 aliphatic rings. The molecule has 2 atom stereocenters. The molecule has 0 aromatic rings. The Labute approximate surface area is 107 Å². The van der Waals surface area contributed by atoms with Crippen LogP contribution in [0.1, 0.15) is 33.6 Å². The maximum Gasteiger partial charge on any atom is 0.136 e. The van der Waals surface area contributed by atoms with Crippen LogP contribution in [-0.2, 0) is 16.1 Å². The number of hydrogen-bond donors (Lipinski definition) is 2. The number of hydrogen-bond acceptors (Lipinski definition) is 4. The zero-order valence-electron chi connectivity index (χ0n) is 11.0. The SMILES string of the molecule is CC(C)(C)[S+]([O-])N[C@@H]1COCC12CCNCC2. The molecule has 2 saturated heterocycles. The zero-order valence-corrected chi connectivity index (χ0v) is 11.9. The Morgan fingerprint density at radius 1 is 1.35 bits per heavy atom. The van der Waals surface area contributed by atoms with Gasteiger partial charge in [-0.2, -0.15) is 0 Å². The van der Waals surface area contributed by atoms with E-state index in [1.54, 1.807) is 0 Å². The minimum Gasteiger partial charge on any atom is -0.598 e. The Morgan fingerprint density at radius 2 is 2.00 bits per heavy atom. The largest absolute Gasteiger partial charge is 0.598 e. The molecule has 100 valence electrons. The monoisotopic (exact) mass is 260 g/mol. The lowest BCUT2D eigenvalue weighted by atomic mass is 9.75. The van der Waals surface area contributed by atoms with Crippen molar-refractivity contribution in [2.75, 3.05) is 26.3 Å². The van der Waals surface area contributed by atoms with E-state index in [2.05, 4.69) is 10.0 Å². The summed E-state index contributed by atoms with van der Waals surface area (Å²) >= 11 is -1.01. The van der Waals surface area contributed by atoms with Crippen LogP contribution in [-0.4, -0.2) is 41.6 Å². The summed E-state index contributed by atoms with van der Waals surface area (Å²) in [5.74, 6) is 0. The number of ether oxygens (including phenoxy) is 1. The van der Waals surface area contributed by atoms with Crippen LogP contribution in [0.5, 0.6) is 0 Å². The second-order valence-corrected chi connectivity index (χ2v) is 8.18. The van der Waals surface area contributed by atoms with Gasteiger partial charge in [0.05, 0.1) is 19.3 Å². The molecule has 1 spiro atoms. The van der Waals surface area contributed by atoms with Gasteiger partial charge in [-0.1, -0.05) is 0 Å². The van der Waals surface area contributed by atoms with Crippen molar-refractivity contribution in [2.24, 2.45) is 5.41 Å². The van der Waals surface area contributed by atoms with Crippen LogP contribution in [0.25, 0.3) is 0 Å². The summed E-state index contributed by atoms with van der Waals surface area (Å²) in [6, 6.07) is 0.240. The topological polar surface area (TPSA) is 56.3 Å². The molecule has 2 heterocycles. The van der Waals surface area contributed by atoms with Crippen LogP contribution in [0, 0.1) is 5.41 Å². The van der Waals surface area contributed by atoms with E-state index < -0.39 is 11.4 Å². The lowest BCUT2D eigenvalue weighted by Crippen LogP contribution is -2.54. The molecule has 0 bridgehead atoms. The van der Waals surface area contributed by atoms with E-state index >= 15 is 0 Å². The Morgan fingerprint density at radius 3 is 2.59 bits per heavy atom. The molecule has 2 rings (SSSR count). The van der Waals surface area contributed by atoms with Crippen molar-refractivity contribution < 1.29 is 9.29 Å². The molecule has 17 heavy (non-hydrogen) atoms. The van der Waals surface area contributed by atoms with Crippen molar-refractivity contribution in [3.05, 3.63) is 0 Å². The zero-order chi connectivity index (χ0) is 12.5. The molecule has 2 N–H and O–H groups in total. The molecule has 2 aliphatic heterocycles. The van der Waals surface area contributed by atoms with Crippen molar-refractivity contribution in [1.82, 2.24) is 10.0 Å². The third kappa shape index (κ3) is 2.96. The molecular formula is C12H24N2O2S. The third-order valence-electron chi connectivity index (χ3n) is 3.82. The summed E-state index contributed by atoms with van der Waals surface area (Å²) in [6.07, 6.45) is 2.23. The second-order valence-electron chi connectivity index (χ2n) is 6.18. The van der Waals surface area contributed by atoms with Gasteiger partial charge in [-0.25, -0.2) is 0 Å². The van der Waals surface area contributed by atoms with Crippen LogP contribution >= 0.6 is 0 Å². The van der Waals surface area contributed by atoms with E-state index in [1.165, 1.54) is 0 Å². The highest BCUT2D eigenvalue weighted by molar-refractivity contribution is 7.90. The number of rotatable bonds is 2. The molecule has 0 aliphatic carbocycles. The van der Waals surface area contributed by atoms with Gasteiger partial charge in [-0.05, 0) is 46.7 Å². The maximum absolute atomic E-state index is 12.2. The first-order valence-corrected chi connectivity index (χ1v) is 7.56. The standard InChI is InChI=1S/C12H24N2O2S/c1-11(2,3)17(15)14-10-8-16-9-12(10)4-6-13-7-5-12/h10,13-14H,4-9H2,1-3H3/t10-,17?/m1/s1. The van der Waals surface area contributed by atoms with Crippen LogP contribution in [0.3, 0.4) is 0 Å². The molecule has 0 radical (unpaired) electrons. The van der Waals surface area contributed by atoms with Gasteiger partial charge in [0.1, 0.15) is 4.75 Å². The lowest BCUT2D eigenvalue weighted by molar-refractivity contribution is 0.125. The normalized spacial score (nSPS) is 30.7. The van der Waals surface area contributed by atoms with Gasteiger partial charge >= 0.3 is 0 Å². The molecule has 1 unspecified atom stereocenters. The van der Waals surface area contributed by atoms with Gasteiger partial charge in [0, 0.05) is 16.8 Å². The van der Waals surface area contributed by atoms with E-state index in [0.29, 0.717) is 6.61 Å². The van der Waals surface area contributed by atoms with Crippen LogP contribution in [0.2, 0.25) is 0 Å². The van der Waals surface area contributed by atoms with E-state index in [9.17, 15) is 4.55 Å². The first-order valence-electron chi connectivity index (χ1n) is 6.41. The third-order valence-corrected chi connectivity index (χ3v) is 5.43. The van der Waals surface area contributed by atoms with Crippen molar-refractivity contribution in [2.45, 2.75) is 44.4 Å². The van der Waals surface area contributed by atoms with Crippen molar-refractivity contribution in [3.8, 4) is 0 Å². The Hall–Kier alpha value is 0.190. The summed E-state index contributed by atoms with van der Waals surface area (Å²) in [5.41, 5.74) is 0.201. The predicted octanol–water partition coefficient (Wildman–Crippen LogP) is 0.807. The Kier molecular flexibility index (Phi) is 4.05. The molecule has 2 fully saturated rings. The molecule has 0 aromatic heterocycles. The molecule has 4 nitrogen and oxygen atoms in total. The smallest absolute Gasteiger partial charge is 0.136 e. The Bertz CT molecular complexity index is 262. The van der Waals surface area contributed by atoms with Crippen molar-refractivity contribution >= 4 is 11.4 Å². The fourth-order valence-electron chi connectivity index (χ4n) is 2.54. The second kappa shape index (κ2) is 5.05. The summed E-state index contributed by atoms with van der Waals surface area (Å²) in [6.45, 7) is 9.60. The molecular weight excluding hydrogens is 236 g/mol. The summed E-state index contributed by atoms with van der Waals surface area (Å²) in [5, 5.41) is 3.38. The number of piperidine rings is 1. The van der Waals surface area contributed by atoms with Gasteiger partial charge < -0.3 is 14.6 Å². The summed E-state index contributed by atoms with van der Waals surface area (Å²) in [7, 11) is 0. The maximum atomic E-state index is 12.2. The van der Waals surface area contributed by atoms with E-state index in [4.69, 9.17) is 4.74 Å². The average molecular weight is 260 g/mol. The fraction of sp³-hybridized carbons (Fsp3) is 1.00. The van der Waals surface area contributed by atoms with E-state index in [-0.39, 0.29) is 16.2 Å². The van der Waals surface area contributed by atoms with Gasteiger partial charge in [0.25, 0.3) is 0 Å². The van der Waals surface area contributed by atoms with Crippen LogP contribution < -0.4 is 10.0 Å². The molecule has 0 aromatic carbocycles. The van der Waals surface area contributed by atoms with E-state index in [0.717, 1.165) is 32.5 Å². The van der Waals surface area contributed by atoms with Crippen molar-refractivity contribution in [1.29, 1.82) is 0 Å². The van der Waals surface area contributed by atoms with Crippen molar-refractivity contribution in [3.63, 3.8) is 0 Å². The number of nitrogens with one attached hydrogen (secondary N) is 2. The predicted molar refractivity (Wildman–Crippen MR) is 70.2 cm³/mol. The minimum atomic E-state index is -1.01. The first-order chi connectivity index (χ1) is 7.94. The van der Waals surface area contributed by atoms with Gasteiger partial charge in [0.15, 0.2) is 0 Å².